The lowest BCUT2D eigenvalue weighted by atomic mass is 10.1. The Labute approximate surface area is 186 Å². The number of hydrogen-bond donors (Lipinski definition) is 1. The van der Waals surface area contributed by atoms with Gasteiger partial charge in [0.15, 0.2) is 5.65 Å². The van der Waals surface area contributed by atoms with Gasteiger partial charge >= 0.3 is 5.69 Å². The number of carbonyl (C=O) groups excluding carboxylic acids is 1. The summed E-state index contributed by atoms with van der Waals surface area (Å²) in [5.74, 6) is -0.168. The van der Waals surface area contributed by atoms with E-state index in [0.717, 1.165) is 16.8 Å². The summed E-state index contributed by atoms with van der Waals surface area (Å²) in [6, 6.07) is 19.3. The third-order valence-corrected chi connectivity index (χ3v) is 5.48. The fraction of sp³-hybridized carbons (Fsp3) is 0.240. The van der Waals surface area contributed by atoms with Gasteiger partial charge in [-0.2, -0.15) is 0 Å². The van der Waals surface area contributed by atoms with Crippen molar-refractivity contribution in [1.29, 1.82) is 0 Å². The maximum Gasteiger partial charge on any atom is 0.330 e. The van der Waals surface area contributed by atoms with E-state index in [9.17, 15) is 9.59 Å². The molecule has 164 valence electrons. The smallest absolute Gasteiger partial charge is 0.330 e. The molecule has 1 amide bonds. The first-order valence-corrected chi connectivity index (χ1v) is 10.6. The summed E-state index contributed by atoms with van der Waals surface area (Å²) in [6.45, 7) is 3.17. The van der Waals surface area contributed by atoms with Crippen LogP contribution in [0.1, 0.15) is 21.5 Å². The molecular weight excluding hydrogens is 402 g/mol. The summed E-state index contributed by atoms with van der Waals surface area (Å²) in [4.78, 5) is 32.2. The largest absolute Gasteiger partial charge is 0.378 e. The van der Waals surface area contributed by atoms with Crippen LogP contribution in [0.2, 0.25) is 0 Å². The van der Waals surface area contributed by atoms with Crippen LogP contribution in [-0.2, 0) is 13.1 Å². The minimum absolute atomic E-state index is 0.136. The average Bonchev–Trinajstić information content (AvgIpc) is 3.06. The van der Waals surface area contributed by atoms with Crippen LogP contribution in [0, 0.1) is 6.92 Å². The van der Waals surface area contributed by atoms with Crippen LogP contribution >= 0.6 is 0 Å². The number of carbonyl (C=O) groups is 1. The fourth-order valence-electron chi connectivity index (χ4n) is 3.69. The number of amides is 1. The monoisotopic (exact) mass is 429 g/mol. The van der Waals surface area contributed by atoms with E-state index in [1.54, 1.807) is 21.4 Å². The lowest BCUT2D eigenvalue weighted by Crippen LogP contribution is -2.32. The second kappa shape index (κ2) is 9.09. The number of hydrogen-bond acceptors (Lipinski definition) is 4. The summed E-state index contributed by atoms with van der Waals surface area (Å²) in [7, 11) is 3.87. The summed E-state index contributed by atoms with van der Waals surface area (Å²) in [5, 5.41) is 2.92. The molecule has 0 aliphatic carbocycles. The molecule has 0 atom stereocenters. The van der Waals surface area contributed by atoms with Crippen molar-refractivity contribution in [2.24, 2.45) is 0 Å². The molecule has 0 radical (unpaired) electrons. The van der Waals surface area contributed by atoms with Gasteiger partial charge in [-0.05, 0) is 42.8 Å². The Morgan fingerprint density at radius 1 is 1.03 bits per heavy atom. The number of imidazole rings is 1. The van der Waals surface area contributed by atoms with Gasteiger partial charge in [-0.1, -0.05) is 35.9 Å². The zero-order chi connectivity index (χ0) is 22.7. The molecule has 4 aromatic rings. The molecule has 0 spiro atoms. The van der Waals surface area contributed by atoms with Gasteiger partial charge in [0.05, 0.1) is 12.1 Å². The van der Waals surface area contributed by atoms with Gasteiger partial charge in [-0.15, -0.1) is 0 Å². The van der Waals surface area contributed by atoms with Crippen molar-refractivity contribution in [1.82, 2.24) is 19.4 Å². The predicted molar refractivity (Wildman–Crippen MR) is 127 cm³/mol. The molecule has 7 heteroatoms. The van der Waals surface area contributed by atoms with Crippen molar-refractivity contribution in [3.05, 3.63) is 94.0 Å². The lowest BCUT2D eigenvalue weighted by molar-refractivity contribution is 0.0952. The van der Waals surface area contributed by atoms with Crippen LogP contribution in [0.3, 0.4) is 0 Å². The highest BCUT2D eigenvalue weighted by Crippen LogP contribution is 2.14. The molecule has 0 bridgehead atoms. The van der Waals surface area contributed by atoms with Gasteiger partial charge in [0.2, 0.25) is 0 Å². The number of rotatable bonds is 7. The second-order valence-electron chi connectivity index (χ2n) is 8.05. The van der Waals surface area contributed by atoms with Gasteiger partial charge in [0.25, 0.3) is 5.91 Å². The highest BCUT2D eigenvalue weighted by molar-refractivity contribution is 5.95. The molecule has 0 fully saturated rings. The molecule has 0 unspecified atom stereocenters. The molecule has 4 rings (SSSR count). The number of aryl methyl sites for hydroxylation is 1. The molecule has 2 aromatic carbocycles. The number of pyridine rings is 1. The molecule has 7 nitrogen and oxygen atoms in total. The van der Waals surface area contributed by atoms with E-state index in [1.165, 1.54) is 5.56 Å². The molecule has 32 heavy (non-hydrogen) atoms. The van der Waals surface area contributed by atoms with Crippen LogP contribution < -0.4 is 15.9 Å². The first-order chi connectivity index (χ1) is 15.4. The number of benzene rings is 2. The second-order valence-corrected chi connectivity index (χ2v) is 8.05. The van der Waals surface area contributed by atoms with E-state index in [-0.39, 0.29) is 11.6 Å². The Morgan fingerprint density at radius 3 is 2.56 bits per heavy atom. The fourth-order valence-corrected chi connectivity index (χ4v) is 3.69. The SMILES string of the molecule is Cc1ccc(Cn2c(=O)n(CCNC(=O)c3cccc(N(C)C)c3)c3ncccc32)cc1. The predicted octanol–water partition coefficient (Wildman–Crippen LogP) is 3.05. The van der Waals surface area contributed by atoms with Crippen LogP contribution in [0.5, 0.6) is 0 Å². The first-order valence-electron chi connectivity index (χ1n) is 10.6. The molecule has 0 aliphatic heterocycles. The first kappa shape index (κ1) is 21.4. The third kappa shape index (κ3) is 4.42. The van der Waals surface area contributed by atoms with Crippen LogP contribution in [0.15, 0.2) is 71.7 Å². The lowest BCUT2D eigenvalue weighted by Gasteiger charge is -2.13. The van der Waals surface area contributed by atoms with Gasteiger partial charge in [-0.3, -0.25) is 13.9 Å². The molecule has 1 N–H and O–H groups in total. The van der Waals surface area contributed by atoms with Crippen molar-refractivity contribution in [3.63, 3.8) is 0 Å². The van der Waals surface area contributed by atoms with Crippen molar-refractivity contribution < 1.29 is 4.79 Å². The van der Waals surface area contributed by atoms with E-state index >= 15 is 0 Å². The van der Waals surface area contributed by atoms with Crippen molar-refractivity contribution in [2.75, 3.05) is 25.5 Å². The van der Waals surface area contributed by atoms with Crippen molar-refractivity contribution in [3.8, 4) is 0 Å². The third-order valence-electron chi connectivity index (χ3n) is 5.48. The highest BCUT2D eigenvalue weighted by Gasteiger charge is 2.15. The molecule has 0 saturated carbocycles. The standard InChI is InChI=1S/C25H27N5O2/c1-18-9-11-19(12-10-18)17-30-22-8-5-13-26-23(22)29(25(30)32)15-14-27-24(31)20-6-4-7-21(16-20)28(2)3/h4-13,16H,14-15,17H2,1-3H3,(H,27,31). The normalized spacial score (nSPS) is 11.0. The summed E-state index contributed by atoms with van der Waals surface area (Å²) >= 11 is 0. The van der Waals surface area contributed by atoms with E-state index < -0.39 is 0 Å². The number of nitrogens with zero attached hydrogens (tertiary/aromatic N) is 4. The summed E-state index contributed by atoms with van der Waals surface area (Å²) in [6.07, 6.45) is 1.68. The Balaban J connectivity index is 1.53. The molecule has 0 saturated heterocycles. The van der Waals surface area contributed by atoms with Gasteiger partial charge < -0.3 is 10.2 Å². The number of anilines is 1. The zero-order valence-corrected chi connectivity index (χ0v) is 18.6. The topological polar surface area (TPSA) is 72.2 Å². The minimum Gasteiger partial charge on any atom is -0.378 e. The summed E-state index contributed by atoms with van der Waals surface area (Å²) in [5.41, 5.74) is 5.03. The van der Waals surface area contributed by atoms with Crippen molar-refractivity contribution >= 4 is 22.8 Å². The Morgan fingerprint density at radius 2 is 1.81 bits per heavy atom. The number of aromatic nitrogens is 3. The Bertz CT molecular complexity index is 1300. The number of fused-ring (bicyclic) bond motifs is 1. The van der Waals surface area contributed by atoms with Crippen LogP contribution in [0.4, 0.5) is 5.69 Å². The molecule has 0 aliphatic rings. The quantitative estimate of drug-likeness (QED) is 0.490. The zero-order valence-electron chi connectivity index (χ0n) is 18.6. The minimum atomic E-state index is -0.168. The Hall–Kier alpha value is -3.87. The molecule has 2 heterocycles. The van der Waals surface area contributed by atoms with E-state index in [2.05, 4.69) is 10.3 Å². The van der Waals surface area contributed by atoms with Crippen molar-refractivity contribution in [2.45, 2.75) is 20.0 Å². The van der Waals surface area contributed by atoms with Gasteiger partial charge in [-0.25, -0.2) is 9.78 Å². The summed E-state index contributed by atoms with van der Waals surface area (Å²) < 4.78 is 3.36. The van der Waals surface area contributed by atoms with Gasteiger partial charge in [0, 0.05) is 44.6 Å². The maximum atomic E-state index is 13.2. The number of nitrogens with one attached hydrogen (secondary N) is 1. The molecule has 2 aromatic heterocycles. The van der Waals surface area contributed by atoms with Crippen LogP contribution in [-0.4, -0.2) is 40.7 Å². The maximum absolute atomic E-state index is 13.2. The average molecular weight is 430 g/mol. The highest BCUT2D eigenvalue weighted by atomic mass is 16.2. The van der Waals surface area contributed by atoms with E-state index in [1.807, 2.05) is 80.5 Å². The van der Waals surface area contributed by atoms with Gasteiger partial charge in [0.1, 0.15) is 0 Å². The van der Waals surface area contributed by atoms with E-state index in [0.29, 0.717) is 30.8 Å². The van der Waals surface area contributed by atoms with Crippen LogP contribution in [0.25, 0.3) is 11.2 Å². The van der Waals surface area contributed by atoms with E-state index in [4.69, 9.17) is 0 Å². The molecular formula is C25H27N5O2. The Kier molecular flexibility index (Phi) is 6.07.